The topological polar surface area (TPSA) is 88.3 Å². The summed E-state index contributed by atoms with van der Waals surface area (Å²) in [5.41, 5.74) is 0.566. The first kappa shape index (κ1) is 14.3. The minimum absolute atomic E-state index is 0.0523. The van der Waals surface area contributed by atoms with E-state index >= 15 is 0 Å². The Morgan fingerprint density at radius 1 is 1.41 bits per heavy atom. The molecule has 3 rings (SSSR count). The Hall–Kier alpha value is -2.67. The smallest absolute Gasteiger partial charge is 0.236 e. The second-order valence-electron chi connectivity index (χ2n) is 4.60. The summed E-state index contributed by atoms with van der Waals surface area (Å²) in [6.07, 6.45) is 1.54. The highest BCUT2D eigenvalue weighted by Gasteiger charge is 2.16. The quantitative estimate of drug-likeness (QED) is 0.772. The van der Waals surface area contributed by atoms with Gasteiger partial charge >= 0.3 is 0 Å². The van der Waals surface area contributed by atoms with Gasteiger partial charge in [0, 0.05) is 6.20 Å². The molecule has 1 amide bonds. The first-order valence-corrected chi connectivity index (χ1v) is 7.45. The van der Waals surface area contributed by atoms with Crippen molar-refractivity contribution < 1.29 is 14.3 Å². The zero-order valence-electron chi connectivity index (χ0n) is 11.7. The molecule has 0 spiro atoms. The maximum Gasteiger partial charge on any atom is 0.236 e. The van der Waals surface area contributed by atoms with E-state index in [0.29, 0.717) is 17.3 Å². The van der Waals surface area contributed by atoms with Crippen LogP contribution >= 0.6 is 11.3 Å². The largest absolute Gasteiger partial charge is 0.504 e. The maximum absolute atomic E-state index is 12.0. The number of nitrogens with one attached hydrogen (secondary N) is 1. The maximum atomic E-state index is 12.0. The second-order valence-corrected chi connectivity index (χ2v) is 5.54. The molecule has 0 bridgehead atoms. The first-order chi connectivity index (χ1) is 10.6. The second kappa shape index (κ2) is 5.98. The van der Waals surface area contributed by atoms with Gasteiger partial charge in [0.2, 0.25) is 11.8 Å². The zero-order valence-corrected chi connectivity index (χ0v) is 12.6. The fraction of sp³-hybridized carbons (Fsp3) is 0.133. The van der Waals surface area contributed by atoms with Crippen LogP contribution in [0.25, 0.3) is 10.8 Å². The van der Waals surface area contributed by atoms with Crippen molar-refractivity contribution in [1.82, 2.24) is 9.97 Å². The van der Waals surface area contributed by atoms with Crippen molar-refractivity contribution in [1.29, 1.82) is 0 Å². The third-order valence-electron chi connectivity index (χ3n) is 3.00. The Morgan fingerprint density at radius 2 is 2.27 bits per heavy atom. The van der Waals surface area contributed by atoms with Gasteiger partial charge in [0.15, 0.2) is 11.6 Å². The first-order valence-electron chi connectivity index (χ1n) is 6.57. The van der Waals surface area contributed by atoms with E-state index in [1.165, 1.54) is 23.6 Å². The number of nitrogens with zero attached hydrogens (tertiary/aromatic N) is 2. The van der Waals surface area contributed by atoms with Crippen molar-refractivity contribution >= 4 is 23.1 Å². The number of hydrogen-bond acceptors (Lipinski definition) is 6. The summed E-state index contributed by atoms with van der Waals surface area (Å²) in [6, 6.07) is 6.86. The van der Waals surface area contributed by atoms with Crippen LogP contribution in [0.5, 0.6) is 5.75 Å². The number of pyridine rings is 1. The highest BCUT2D eigenvalue weighted by molar-refractivity contribution is 7.13. The third kappa shape index (κ3) is 2.99. The molecule has 0 atom stereocenters. The number of aromatic nitrogens is 2. The summed E-state index contributed by atoms with van der Waals surface area (Å²) in [6.45, 7) is 1.77. The van der Waals surface area contributed by atoms with E-state index in [1.807, 2.05) is 17.5 Å². The van der Waals surface area contributed by atoms with Gasteiger partial charge < -0.3 is 14.8 Å². The predicted octanol–water partition coefficient (Wildman–Crippen LogP) is 2.99. The van der Waals surface area contributed by atoms with Crippen LogP contribution in [-0.4, -0.2) is 21.0 Å². The number of carbonyl (C=O) groups excluding carboxylic acids is 1. The Balaban J connectivity index is 1.73. The minimum Gasteiger partial charge on any atom is -0.504 e. The SMILES string of the molecule is Cc1oc(-c2cccs2)nc1CC(=O)Nc1ncccc1O. The van der Waals surface area contributed by atoms with Crippen LogP contribution in [0.15, 0.2) is 40.3 Å². The fourth-order valence-electron chi connectivity index (χ4n) is 1.92. The van der Waals surface area contributed by atoms with Crippen molar-refractivity contribution in [3.63, 3.8) is 0 Å². The number of carbonyl (C=O) groups is 1. The van der Waals surface area contributed by atoms with Gasteiger partial charge in [-0.3, -0.25) is 4.79 Å². The number of rotatable bonds is 4. The number of hydrogen-bond donors (Lipinski definition) is 2. The molecule has 6 nitrogen and oxygen atoms in total. The van der Waals surface area contributed by atoms with Gasteiger partial charge in [-0.2, -0.15) is 0 Å². The van der Waals surface area contributed by atoms with Gasteiger partial charge in [0.25, 0.3) is 0 Å². The minimum atomic E-state index is -0.317. The lowest BCUT2D eigenvalue weighted by molar-refractivity contribution is -0.115. The third-order valence-corrected chi connectivity index (χ3v) is 3.85. The molecule has 0 saturated heterocycles. The van der Waals surface area contributed by atoms with E-state index in [2.05, 4.69) is 15.3 Å². The van der Waals surface area contributed by atoms with Gasteiger partial charge in [0.05, 0.1) is 17.0 Å². The molecule has 0 saturated carbocycles. The Labute approximate surface area is 130 Å². The monoisotopic (exact) mass is 315 g/mol. The van der Waals surface area contributed by atoms with Crippen LogP contribution < -0.4 is 5.32 Å². The van der Waals surface area contributed by atoms with Gasteiger partial charge in [-0.05, 0) is 30.5 Å². The molecule has 0 radical (unpaired) electrons. The Bertz CT molecular complexity index is 796. The summed E-state index contributed by atoms with van der Waals surface area (Å²) in [7, 11) is 0. The van der Waals surface area contributed by atoms with E-state index in [4.69, 9.17) is 4.42 Å². The molecule has 3 aromatic rings. The summed E-state index contributed by atoms with van der Waals surface area (Å²) in [5, 5.41) is 14.1. The van der Waals surface area contributed by atoms with Crippen LogP contribution in [0.1, 0.15) is 11.5 Å². The van der Waals surface area contributed by atoms with Gasteiger partial charge in [-0.1, -0.05) is 6.07 Å². The van der Waals surface area contributed by atoms with Crippen LogP contribution in [0, 0.1) is 6.92 Å². The number of oxazole rings is 1. The molecule has 0 unspecified atom stereocenters. The summed E-state index contributed by atoms with van der Waals surface area (Å²) < 4.78 is 5.59. The predicted molar refractivity (Wildman–Crippen MR) is 82.8 cm³/mol. The molecule has 3 aromatic heterocycles. The summed E-state index contributed by atoms with van der Waals surface area (Å²) in [5.74, 6) is 0.849. The Morgan fingerprint density at radius 3 is 3.00 bits per heavy atom. The van der Waals surface area contributed by atoms with Crippen LogP contribution in [0.2, 0.25) is 0 Å². The molecule has 3 heterocycles. The lowest BCUT2D eigenvalue weighted by atomic mass is 10.2. The molecule has 112 valence electrons. The number of aryl methyl sites for hydroxylation is 1. The van der Waals surface area contributed by atoms with Crippen LogP contribution in [0.3, 0.4) is 0 Å². The van der Waals surface area contributed by atoms with E-state index in [-0.39, 0.29) is 23.9 Å². The highest BCUT2D eigenvalue weighted by Crippen LogP contribution is 2.26. The van der Waals surface area contributed by atoms with Gasteiger partial charge in [0.1, 0.15) is 5.76 Å². The van der Waals surface area contributed by atoms with Crippen molar-refractivity contribution in [3.8, 4) is 16.5 Å². The van der Waals surface area contributed by atoms with Crippen molar-refractivity contribution in [2.45, 2.75) is 13.3 Å². The number of thiophene rings is 1. The molecule has 0 aliphatic heterocycles. The molecule has 22 heavy (non-hydrogen) atoms. The van der Waals surface area contributed by atoms with Crippen LogP contribution in [0.4, 0.5) is 5.82 Å². The van der Waals surface area contributed by atoms with Crippen molar-refractivity contribution in [3.05, 3.63) is 47.3 Å². The molecule has 0 aliphatic rings. The highest BCUT2D eigenvalue weighted by atomic mass is 32.1. The number of anilines is 1. The molecule has 7 heteroatoms. The molecular formula is C15H13N3O3S. The van der Waals surface area contributed by atoms with Gasteiger partial charge in [-0.15, -0.1) is 11.3 Å². The van der Waals surface area contributed by atoms with Crippen molar-refractivity contribution in [2.24, 2.45) is 0 Å². The number of aromatic hydroxyl groups is 1. The lowest BCUT2D eigenvalue weighted by Gasteiger charge is -2.04. The molecule has 0 aromatic carbocycles. The average molecular weight is 315 g/mol. The fourth-order valence-corrected chi connectivity index (χ4v) is 2.57. The number of amides is 1. The van der Waals surface area contributed by atoms with Gasteiger partial charge in [-0.25, -0.2) is 9.97 Å². The standard InChI is InChI=1S/C15H13N3O3S/c1-9-10(17-15(21-9)12-5-3-7-22-12)8-13(20)18-14-11(19)4-2-6-16-14/h2-7,19H,8H2,1H3,(H,16,18,20). The van der Waals surface area contributed by atoms with E-state index in [0.717, 1.165) is 4.88 Å². The van der Waals surface area contributed by atoms with E-state index < -0.39 is 0 Å². The molecule has 2 N–H and O–H groups in total. The normalized spacial score (nSPS) is 10.6. The molecular weight excluding hydrogens is 302 g/mol. The molecule has 0 fully saturated rings. The van der Waals surface area contributed by atoms with Crippen molar-refractivity contribution in [2.75, 3.05) is 5.32 Å². The Kier molecular flexibility index (Phi) is 3.88. The summed E-state index contributed by atoms with van der Waals surface area (Å²) in [4.78, 5) is 21.2. The lowest BCUT2D eigenvalue weighted by Crippen LogP contribution is -2.16. The zero-order chi connectivity index (χ0) is 15.5. The van der Waals surface area contributed by atoms with E-state index in [9.17, 15) is 9.90 Å². The average Bonchev–Trinajstić information content (AvgIpc) is 3.12. The summed E-state index contributed by atoms with van der Waals surface area (Å²) >= 11 is 1.52. The van der Waals surface area contributed by atoms with Crippen LogP contribution in [-0.2, 0) is 11.2 Å². The molecule has 0 aliphatic carbocycles. The van der Waals surface area contributed by atoms with E-state index in [1.54, 1.807) is 13.0 Å².